The Labute approximate surface area is 153 Å². The minimum absolute atomic E-state index is 0.0613. The molecule has 0 saturated heterocycles. The first-order valence-corrected chi connectivity index (χ1v) is 8.41. The van der Waals surface area contributed by atoms with E-state index in [1.807, 2.05) is 24.3 Å². The first-order valence-electron chi connectivity index (χ1n) is 8.41. The van der Waals surface area contributed by atoms with Gasteiger partial charge < -0.3 is 19.7 Å². The number of hydrogen-bond donors (Lipinski definition) is 1. The van der Waals surface area contributed by atoms with E-state index in [2.05, 4.69) is 12.2 Å². The van der Waals surface area contributed by atoms with Crippen molar-refractivity contribution < 1.29 is 19.1 Å². The Hall–Kier alpha value is -3.02. The number of benzene rings is 2. The number of nitrogens with one attached hydrogen (secondary N) is 1. The molecular formula is C20H24N2O4. The molecule has 2 amide bonds. The summed E-state index contributed by atoms with van der Waals surface area (Å²) in [5.74, 6) is 0.714. The van der Waals surface area contributed by atoms with Crippen LogP contribution in [0.4, 0.5) is 5.69 Å². The van der Waals surface area contributed by atoms with Gasteiger partial charge in [0.25, 0.3) is 5.91 Å². The molecule has 0 heterocycles. The molecule has 0 unspecified atom stereocenters. The number of hydrogen-bond acceptors (Lipinski definition) is 4. The number of rotatable bonds is 8. The van der Waals surface area contributed by atoms with Gasteiger partial charge >= 0.3 is 0 Å². The molecule has 0 spiro atoms. The molecule has 2 rings (SSSR count). The summed E-state index contributed by atoms with van der Waals surface area (Å²) in [5.41, 5.74) is 1.82. The zero-order valence-electron chi connectivity index (χ0n) is 15.3. The summed E-state index contributed by atoms with van der Waals surface area (Å²) in [5, 5.41) is 2.74. The predicted octanol–water partition coefficient (Wildman–Crippen LogP) is 2.73. The largest absolute Gasteiger partial charge is 0.497 e. The molecule has 0 saturated carbocycles. The minimum atomic E-state index is -0.290. The van der Waals surface area contributed by atoms with Gasteiger partial charge in [0.15, 0.2) is 6.61 Å². The van der Waals surface area contributed by atoms with E-state index in [0.717, 1.165) is 6.42 Å². The molecule has 2 aromatic carbocycles. The van der Waals surface area contributed by atoms with E-state index in [1.165, 1.54) is 10.5 Å². The lowest BCUT2D eigenvalue weighted by atomic mass is 10.2. The van der Waals surface area contributed by atoms with Gasteiger partial charge in [-0.15, -0.1) is 0 Å². The van der Waals surface area contributed by atoms with Crippen molar-refractivity contribution in [2.45, 2.75) is 13.3 Å². The average Bonchev–Trinajstić information content (AvgIpc) is 2.66. The van der Waals surface area contributed by atoms with Crippen molar-refractivity contribution in [2.24, 2.45) is 0 Å². The summed E-state index contributed by atoms with van der Waals surface area (Å²) in [6.07, 6.45) is 0.949. The van der Waals surface area contributed by atoms with E-state index in [1.54, 1.807) is 38.4 Å². The highest BCUT2D eigenvalue weighted by molar-refractivity contribution is 5.94. The van der Waals surface area contributed by atoms with Crippen molar-refractivity contribution in [3.8, 4) is 11.5 Å². The van der Waals surface area contributed by atoms with Crippen LogP contribution in [0.5, 0.6) is 11.5 Å². The van der Waals surface area contributed by atoms with Crippen LogP contribution in [-0.4, -0.2) is 44.0 Å². The van der Waals surface area contributed by atoms with E-state index >= 15 is 0 Å². The summed E-state index contributed by atoms with van der Waals surface area (Å²) in [7, 11) is 3.13. The lowest BCUT2D eigenvalue weighted by molar-refractivity contribution is -0.135. The highest BCUT2D eigenvalue weighted by Crippen LogP contribution is 2.16. The molecule has 2 aromatic rings. The second-order valence-electron chi connectivity index (χ2n) is 5.82. The zero-order valence-corrected chi connectivity index (χ0v) is 15.3. The fourth-order valence-electron chi connectivity index (χ4n) is 2.28. The minimum Gasteiger partial charge on any atom is -0.497 e. The van der Waals surface area contributed by atoms with Gasteiger partial charge in [0.2, 0.25) is 5.91 Å². The number of carbonyl (C=O) groups excluding carboxylic acids is 2. The monoisotopic (exact) mass is 356 g/mol. The maximum Gasteiger partial charge on any atom is 0.260 e. The molecule has 26 heavy (non-hydrogen) atoms. The first kappa shape index (κ1) is 19.3. The van der Waals surface area contributed by atoms with Crippen molar-refractivity contribution in [2.75, 3.05) is 32.6 Å². The molecule has 6 nitrogen and oxygen atoms in total. The van der Waals surface area contributed by atoms with Gasteiger partial charge in [0.05, 0.1) is 13.7 Å². The maximum atomic E-state index is 12.1. The second-order valence-corrected chi connectivity index (χ2v) is 5.82. The van der Waals surface area contributed by atoms with E-state index in [9.17, 15) is 9.59 Å². The SMILES string of the molecule is CCc1ccc(OCC(=O)N(C)CC(=O)Nc2cccc(OC)c2)cc1. The summed E-state index contributed by atoms with van der Waals surface area (Å²) >= 11 is 0. The third-order valence-corrected chi connectivity index (χ3v) is 3.85. The number of methoxy groups -OCH3 is 1. The van der Waals surface area contributed by atoms with Crippen LogP contribution >= 0.6 is 0 Å². The Balaban J connectivity index is 1.80. The van der Waals surface area contributed by atoms with E-state index in [4.69, 9.17) is 9.47 Å². The molecule has 1 N–H and O–H groups in total. The Morgan fingerprint density at radius 3 is 2.46 bits per heavy atom. The molecule has 0 aliphatic rings. The number of nitrogens with zero attached hydrogens (tertiary/aromatic N) is 1. The molecule has 0 aliphatic heterocycles. The van der Waals surface area contributed by atoms with Crippen molar-refractivity contribution in [3.63, 3.8) is 0 Å². The number of amides is 2. The van der Waals surface area contributed by atoms with Crippen LogP contribution in [-0.2, 0) is 16.0 Å². The van der Waals surface area contributed by atoms with Crippen molar-refractivity contribution >= 4 is 17.5 Å². The van der Waals surface area contributed by atoms with Crippen LogP contribution < -0.4 is 14.8 Å². The van der Waals surface area contributed by atoms with Gasteiger partial charge in [-0.25, -0.2) is 0 Å². The smallest absolute Gasteiger partial charge is 0.260 e. The van der Waals surface area contributed by atoms with Crippen molar-refractivity contribution in [1.82, 2.24) is 4.90 Å². The van der Waals surface area contributed by atoms with Crippen molar-refractivity contribution in [3.05, 3.63) is 54.1 Å². The van der Waals surface area contributed by atoms with Gasteiger partial charge in [-0.3, -0.25) is 9.59 Å². The Bertz CT molecular complexity index is 744. The Morgan fingerprint density at radius 2 is 1.81 bits per heavy atom. The van der Waals surface area contributed by atoms with E-state index < -0.39 is 0 Å². The lowest BCUT2D eigenvalue weighted by Gasteiger charge is -2.17. The van der Waals surface area contributed by atoms with Crippen LogP contribution in [0.1, 0.15) is 12.5 Å². The maximum absolute atomic E-state index is 12.1. The summed E-state index contributed by atoms with van der Waals surface area (Å²) < 4.78 is 10.6. The standard InChI is InChI=1S/C20H24N2O4/c1-4-15-8-10-17(11-9-15)26-14-20(24)22(2)13-19(23)21-16-6-5-7-18(12-16)25-3/h5-12H,4,13-14H2,1-3H3,(H,21,23). The molecule has 0 fully saturated rings. The van der Waals surface area contributed by atoms with Crippen LogP contribution in [0, 0.1) is 0 Å². The highest BCUT2D eigenvalue weighted by atomic mass is 16.5. The number of ether oxygens (including phenoxy) is 2. The number of likely N-dealkylation sites (N-methyl/N-ethyl adjacent to an activating group) is 1. The van der Waals surface area contributed by atoms with Gasteiger partial charge in [-0.2, -0.15) is 0 Å². The number of anilines is 1. The van der Waals surface area contributed by atoms with E-state index in [0.29, 0.717) is 17.2 Å². The average molecular weight is 356 g/mol. The third-order valence-electron chi connectivity index (χ3n) is 3.85. The number of aryl methyl sites for hydroxylation is 1. The molecule has 138 valence electrons. The molecule has 0 aromatic heterocycles. The van der Waals surface area contributed by atoms with Gasteiger partial charge in [0.1, 0.15) is 11.5 Å². The predicted molar refractivity (Wildman–Crippen MR) is 101 cm³/mol. The quantitative estimate of drug-likeness (QED) is 0.790. The van der Waals surface area contributed by atoms with E-state index in [-0.39, 0.29) is 25.0 Å². The Kier molecular flexibility index (Phi) is 7.02. The van der Waals surface area contributed by atoms with Crippen molar-refractivity contribution in [1.29, 1.82) is 0 Å². The second kappa shape index (κ2) is 9.46. The normalized spacial score (nSPS) is 10.1. The summed E-state index contributed by atoms with van der Waals surface area (Å²) in [6, 6.07) is 14.6. The topological polar surface area (TPSA) is 67.9 Å². The molecule has 0 atom stereocenters. The zero-order chi connectivity index (χ0) is 18.9. The Morgan fingerprint density at radius 1 is 1.08 bits per heavy atom. The summed E-state index contributed by atoms with van der Waals surface area (Å²) in [4.78, 5) is 25.5. The molecule has 0 bridgehead atoms. The fraction of sp³-hybridized carbons (Fsp3) is 0.300. The van der Waals surface area contributed by atoms with Crippen LogP contribution in [0.2, 0.25) is 0 Å². The lowest BCUT2D eigenvalue weighted by Crippen LogP contribution is -2.37. The van der Waals surface area contributed by atoms with Gasteiger partial charge in [-0.1, -0.05) is 25.1 Å². The van der Waals surface area contributed by atoms with Crippen LogP contribution in [0.15, 0.2) is 48.5 Å². The van der Waals surface area contributed by atoms with Gasteiger partial charge in [-0.05, 0) is 36.2 Å². The molecular weight excluding hydrogens is 332 g/mol. The fourth-order valence-corrected chi connectivity index (χ4v) is 2.28. The third kappa shape index (κ3) is 5.81. The highest BCUT2D eigenvalue weighted by Gasteiger charge is 2.14. The first-order chi connectivity index (χ1) is 12.5. The van der Waals surface area contributed by atoms with Crippen LogP contribution in [0.3, 0.4) is 0 Å². The number of carbonyl (C=O) groups is 2. The van der Waals surface area contributed by atoms with Gasteiger partial charge in [0, 0.05) is 18.8 Å². The van der Waals surface area contributed by atoms with Crippen LogP contribution in [0.25, 0.3) is 0 Å². The summed E-state index contributed by atoms with van der Waals surface area (Å²) in [6.45, 7) is 1.90. The molecule has 0 radical (unpaired) electrons. The molecule has 0 aliphatic carbocycles. The molecule has 6 heteroatoms.